The number of methoxy groups -OCH3 is 2. The molecule has 1 fully saturated rings. The topological polar surface area (TPSA) is 94.9 Å². The number of aromatic nitrogens is 2. The second-order valence-electron chi connectivity index (χ2n) is 6.99. The maximum absolute atomic E-state index is 12.6. The lowest BCUT2D eigenvalue weighted by molar-refractivity contribution is -0.124. The van der Waals surface area contributed by atoms with Gasteiger partial charge in [0.05, 0.1) is 27.4 Å². The second kappa shape index (κ2) is 10.2. The Balaban J connectivity index is 1.74. The fourth-order valence-electron chi connectivity index (χ4n) is 3.26. The molecule has 0 radical (unpaired) electrons. The van der Waals surface area contributed by atoms with Gasteiger partial charge in [-0.25, -0.2) is 4.68 Å². The van der Waals surface area contributed by atoms with Gasteiger partial charge in [0, 0.05) is 37.8 Å². The number of amides is 1. The van der Waals surface area contributed by atoms with E-state index in [1.54, 1.807) is 26.2 Å². The molecule has 2 aromatic rings. The Morgan fingerprint density at radius 1 is 1.20 bits per heavy atom. The summed E-state index contributed by atoms with van der Waals surface area (Å²) in [6.07, 6.45) is 0. The Kier molecular flexibility index (Phi) is 7.42. The van der Waals surface area contributed by atoms with Crippen molar-refractivity contribution in [3.63, 3.8) is 0 Å². The van der Waals surface area contributed by atoms with Gasteiger partial charge in [0.2, 0.25) is 5.91 Å². The van der Waals surface area contributed by atoms with Crippen LogP contribution in [0.5, 0.6) is 11.5 Å². The van der Waals surface area contributed by atoms with Gasteiger partial charge in [-0.2, -0.15) is 5.10 Å². The highest BCUT2D eigenvalue weighted by Gasteiger charge is 2.21. The molecular weight excluding hydrogens is 388 g/mol. The molecular formula is C21H28N4O5. The van der Waals surface area contributed by atoms with E-state index in [2.05, 4.69) is 15.3 Å². The fourth-order valence-corrected chi connectivity index (χ4v) is 3.26. The molecule has 1 N–H and O–H groups in total. The number of nitrogens with one attached hydrogen (secondary N) is 1. The molecule has 0 saturated carbocycles. The van der Waals surface area contributed by atoms with E-state index in [0.29, 0.717) is 37.0 Å². The Labute approximate surface area is 175 Å². The molecule has 9 heteroatoms. The average molecular weight is 416 g/mol. The summed E-state index contributed by atoms with van der Waals surface area (Å²) >= 11 is 0. The lowest BCUT2D eigenvalue weighted by atomic mass is 10.1. The van der Waals surface area contributed by atoms with Crippen LogP contribution < -0.4 is 20.3 Å². The van der Waals surface area contributed by atoms with Crippen LogP contribution in [0.25, 0.3) is 11.3 Å². The lowest BCUT2D eigenvalue weighted by Gasteiger charge is -2.26. The number of ether oxygens (including phenoxy) is 3. The predicted octanol–water partition coefficient (Wildman–Crippen LogP) is 0.937. The van der Waals surface area contributed by atoms with Gasteiger partial charge in [-0.3, -0.25) is 14.5 Å². The van der Waals surface area contributed by atoms with Gasteiger partial charge in [0.1, 0.15) is 17.5 Å². The van der Waals surface area contributed by atoms with Crippen molar-refractivity contribution in [1.29, 1.82) is 0 Å². The van der Waals surface area contributed by atoms with E-state index in [-0.39, 0.29) is 5.91 Å². The van der Waals surface area contributed by atoms with Crippen molar-refractivity contribution in [3.8, 4) is 22.8 Å². The van der Waals surface area contributed by atoms with Crippen molar-refractivity contribution in [2.75, 3.05) is 53.6 Å². The minimum atomic E-state index is -0.759. The van der Waals surface area contributed by atoms with Crippen LogP contribution in [0.15, 0.2) is 35.1 Å². The monoisotopic (exact) mass is 416 g/mol. The van der Waals surface area contributed by atoms with E-state index in [4.69, 9.17) is 14.2 Å². The van der Waals surface area contributed by atoms with Crippen LogP contribution in [0.1, 0.15) is 13.0 Å². The number of carbonyl (C=O) groups excluding carboxylic acids is 1. The third-order valence-corrected chi connectivity index (χ3v) is 5.08. The molecule has 1 amide bonds. The average Bonchev–Trinajstić information content (AvgIpc) is 2.79. The second-order valence-corrected chi connectivity index (χ2v) is 6.99. The maximum atomic E-state index is 12.6. The van der Waals surface area contributed by atoms with Gasteiger partial charge in [-0.1, -0.05) is 0 Å². The zero-order valence-electron chi connectivity index (χ0n) is 17.6. The summed E-state index contributed by atoms with van der Waals surface area (Å²) in [5.74, 6) is 0.795. The van der Waals surface area contributed by atoms with Crippen LogP contribution >= 0.6 is 0 Å². The molecule has 9 nitrogen and oxygen atoms in total. The summed E-state index contributed by atoms with van der Waals surface area (Å²) in [6.45, 7) is 6.03. The van der Waals surface area contributed by atoms with Crippen LogP contribution in [0.2, 0.25) is 0 Å². The molecule has 1 aromatic carbocycles. The largest absolute Gasteiger partial charge is 0.497 e. The molecule has 1 saturated heterocycles. The Morgan fingerprint density at radius 2 is 1.90 bits per heavy atom. The molecule has 1 atom stereocenters. The Morgan fingerprint density at radius 3 is 2.53 bits per heavy atom. The SMILES string of the molecule is COc1ccc(-c2nn([C@@H](C)C(=O)NCCN3CCOCC3)c(=O)cc2OC)cc1. The van der Waals surface area contributed by atoms with Crippen LogP contribution in [-0.4, -0.2) is 74.2 Å². The first-order valence-electron chi connectivity index (χ1n) is 9.93. The van der Waals surface area contributed by atoms with Crippen molar-refractivity contribution in [3.05, 3.63) is 40.7 Å². The molecule has 30 heavy (non-hydrogen) atoms. The molecule has 0 bridgehead atoms. The van der Waals surface area contributed by atoms with Crippen LogP contribution in [-0.2, 0) is 9.53 Å². The summed E-state index contributed by atoms with van der Waals surface area (Å²) in [6, 6.07) is 7.84. The zero-order chi connectivity index (χ0) is 21.5. The summed E-state index contributed by atoms with van der Waals surface area (Å²) in [5, 5.41) is 7.33. The smallest absolute Gasteiger partial charge is 0.271 e. The van der Waals surface area contributed by atoms with E-state index in [1.165, 1.54) is 17.9 Å². The minimum absolute atomic E-state index is 0.260. The van der Waals surface area contributed by atoms with Gasteiger partial charge < -0.3 is 19.5 Å². The normalized spacial score (nSPS) is 15.4. The van der Waals surface area contributed by atoms with E-state index in [9.17, 15) is 9.59 Å². The van der Waals surface area contributed by atoms with Gasteiger partial charge in [-0.05, 0) is 31.2 Å². The fraction of sp³-hybridized carbons (Fsp3) is 0.476. The van der Waals surface area contributed by atoms with Gasteiger partial charge in [-0.15, -0.1) is 0 Å². The van der Waals surface area contributed by atoms with Crippen LogP contribution in [0.4, 0.5) is 0 Å². The number of nitrogens with zero attached hydrogens (tertiary/aromatic N) is 3. The van der Waals surface area contributed by atoms with Crippen molar-refractivity contribution in [2.24, 2.45) is 0 Å². The van der Waals surface area contributed by atoms with Gasteiger partial charge in [0.15, 0.2) is 5.75 Å². The summed E-state index contributed by atoms with van der Waals surface area (Å²) in [5.41, 5.74) is 0.828. The first-order chi connectivity index (χ1) is 14.5. The molecule has 1 aliphatic rings. The zero-order valence-corrected chi connectivity index (χ0v) is 17.6. The first-order valence-corrected chi connectivity index (χ1v) is 9.93. The van der Waals surface area contributed by atoms with Crippen molar-refractivity contribution in [2.45, 2.75) is 13.0 Å². The van der Waals surface area contributed by atoms with E-state index >= 15 is 0 Å². The van der Waals surface area contributed by atoms with E-state index in [0.717, 1.165) is 25.2 Å². The third kappa shape index (κ3) is 5.17. The van der Waals surface area contributed by atoms with Gasteiger partial charge >= 0.3 is 0 Å². The number of rotatable bonds is 8. The van der Waals surface area contributed by atoms with Crippen molar-refractivity contribution >= 4 is 5.91 Å². The van der Waals surface area contributed by atoms with E-state index in [1.807, 2.05) is 12.1 Å². The molecule has 1 aromatic heterocycles. The molecule has 1 aliphatic heterocycles. The molecule has 2 heterocycles. The Hall–Kier alpha value is -2.91. The third-order valence-electron chi connectivity index (χ3n) is 5.08. The number of hydrogen-bond donors (Lipinski definition) is 1. The van der Waals surface area contributed by atoms with Crippen LogP contribution in [0.3, 0.4) is 0 Å². The Bertz CT molecular complexity index is 907. The van der Waals surface area contributed by atoms with Gasteiger partial charge in [0.25, 0.3) is 5.56 Å². The number of morpholine rings is 1. The highest BCUT2D eigenvalue weighted by atomic mass is 16.5. The lowest BCUT2D eigenvalue weighted by Crippen LogP contribution is -2.43. The molecule has 3 rings (SSSR count). The van der Waals surface area contributed by atoms with E-state index < -0.39 is 11.6 Å². The van der Waals surface area contributed by atoms with Crippen molar-refractivity contribution < 1.29 is 19.0 Å². The molecule has 0 aliphatic carbocycles. The predicted molar refractivity (Wildman–Crippen MR) is 112 cm³/mol. The quantitative estimate of drug-likeness (QED) is 0.684. The summed E-state index contributed by atoms with van der Waals surface area (Å²) < 4.78 is 17.0. The molecule has 0 unspecified atom stereocenters. The minimum Gasteiger partial charge on any atom is -0.497 e. The highest BCUT2D eigenvalue weighted by Crippen LogP contribution is 2.28. The first kappa shape index (κ1) is 21.8. The number of carbonyl (C=O) groups is 1. The molecule has 0 spiro atoms. The summed E-state index contributed by atoms with van der Waals surface area (Å²) in [7, 11) is 3.07. The molecule has 162 valence electrons. The van der Waals surface area contributed by atoms with Crippen molar-refractivity contribution in [1.82, 2.24) is 20.0 Å². The number of hydrogen-bond acceptors (Lipinski definition) is 7. The number of benzene rings is 1. The summed E-state index contributed by atoms with van der Waals surface area (Å²) in [4.78, 5) is 27.4. The standard InChI is InChI=1S/C21H28N4O5/c1-15(21(27)22-8-9-24-10-12-30-13-11-24)25-19(26)14-18(29-3)20(23-25)16-4-6-17(28-2)7-5-16/h4-7,14-15H,8-13H2,1-3H3,(H,22,27)/t15-/m0/s1. The maximum Gasteiger partial charge on any atom is 0.271 e. The van der Waals surface area contributed by atoms with Crippen LogP contribution in [0, 0.1) is 0 Å². The highest BCUT2D eigenvalue weighted by molar-refractivity contribution is 5.79.